The number of fused-ring (bicyclic) bond motifs is 1. The molecule has 1 saturated heterocycles. The van der Waals surface area contributed by atoms with Crippen LogP contribution in [0.1, 0.15) is 12.1 Å². The maximum Gasteiger partial charge on any atom is 0.191 e. The Morgan fingerprint density at radius 1 is 1.21 bits per heavy atom. The molecular weight excluding hydrogens is 350 g/mol. The lowest BCUT2D eigenvalue weighted by molar-refractivity contribution is 0.415. The number of rotatable bonds is 5. The zero-order valence-corrected chi connectivity index (χ0v) is 16.4. The highest BCUT2D eigenvalue weighted by atomic mass is 16.5. The highest BCUT2D eigenvalue weighted by Gasteiger charge is 2.25. The second-order valence-corrected chi connectivity index (χ2v) is 7.06. The van der Waals surface area contributed by atoms with Crippen LogP contribution >= 0.6 is 0 Å². The Hall–Kier alpha value is -3.15. The Bertz CT molecular complexity index is 931. The van der Waals surface area contributed by atoms with Crippen LogP contribution in [0, 0.1) is 0 Å². The van der Waals surface area contributed by atoms with Gasteiger partial charge < -0.3 is 25.3 Å². The number of H-pyrrole nitrogens is 1. The molecule has 2 aromatic carbocycles. The second kappa shape index (κ2) is 8.25. The van der Waals surface area contributed by atoms with Gasteiger partial charge in [-0.1, -0.05) is 30.3 Å². The molecule has 1 aliphatic heterocycles. The molecule has 146 valence electrons. The number of aromatic nitrogens is 1. The van der Waals surface area contributed by atoms with Crippen molar-refractivity contribution in [1.29, 1.82) is 0 Å². The van der Waals surface area contributed by atoms with E-state index in [1.807, 2.05) is 25.2 Å². The van der Waals surface area contributed by atoms with E-state index in [4.69, 9.17) is 4.74 Å². The highest BCUT2D eigenvalue weighted by molar-refractivity contribution is 5.82. The van der Waals surface area contributed by atoms with Crippen molar-refractivity contribution in [3.05, 3.63) is 60.3 Å². The van der Waals surface area contributed by atoms with Crippen LogP contribution in [0.15, 0.2) is 59.6 Å². The van der Waals surface area contributed by atoms with E-state index in [9.17, 15) is 0 Å². The van der Waals surface area contributed by atoms with Crippen LogP contribution in [-0.2, 0) is 6.54 Å². The standard InChI is InChI=1S/C22H27N5O/c1-23-22(24-14-18-13-16-7-3-4-8-19(16)25-18)26-17-11-12-27(15-17)20-9-5-6-10-21(20)28-2/h3-10,13,17,25H,11-12,14-15H2,1-2H3,(H2,23,24,26). The maximum absolute atomic E-state index is 5.51. The summed E-state index contributed by atoms with van der Waals surface area (Å²) in [7, 11) is 3.54. The van der Waals surface area contributed by atoms with Crippen LogP contribution in [0.2, 0.25) is 0 Å². The first-order chi connectivity index (χ1) is 13.8. The van der Waals surface area contributed by atoms with Gasteiger partial charge in [0.1, 0.15) is 5.75 Å². The number of para-hydroxylation sites is 3. The normalized spacial score (nSPS) is 17.1. The van der Waals surface area contributed by atoms with Gasteiger partial charge in [-0.05, 0) is 36.1 Å². The fourth-order valence-corrected chi connectivity index (χ4v) is 3.78. The van der Waals surface area contributed by atoms with Crippen LogP contribution in [-0.4, -0.2) is 44.2 Å². The van der Waals surface area contributed by atoms with Crippen molar-refractivity contribution in [3.63, 3.8) is 0 Å². The lowest BCUT2D eigenvalue weighted by atomic mass is 10.2. The number of ether oxygens (including phenoxy) is 1. The molecule has 1 fully saturated rings. The van der Waals surface area contributed by atoms with Crippen molar-refractivity contribution in [1.82, 2.24) is 15.6 Å². The van der Waals surface area contributed by atoms with E-state index in [1.165, 1.54) is 5.39 Å². The number of anilines is 1. The molecule has 6 heteroatoms. The third kappa shape index (κ3) is 3.91. The summed E-state index contributed by atoms with van der Waals surface area (Å²) in [6.45, 7) is 2.63. The van der Waals surface area contributed by atoms with Gasteiger partial charge in [0.25, 0.3) is 0 Å². The van der Waals surface area contributed by atoms with E-state index in [2.05, 4.69) is 61.9 Å². The molecule has 0 spiro atoms. The van der Waals surface area contributed by atoms with Gasteiger partial charge in [0.15, 0.2) is 5.96 Å². The zero-order valence-electron chi connectivity index (χ0n) is 16.4. The Balaban J connectivity index is 1.34. The lowest BCUT2D eigenvalue weighted by Gasteiger charge is -2.22. The highest BCUT2D eigenvalue weighted by Crippen LogP contribution is 2.30. The maximum atomic E-state index is 5.51. The minimum atomic E-state index is 0.346. The van der Waals surface area contributed by atoms with E-state index in [0.29, 0.717) is 12.6 Å². The topological polar surface area (TPSA) is 64.7 Å². The smallest absolute Gasteiger partial charge is 0.191 e. The third-order valence-electron chi connectivity index (χ3n) is 5.21. The van der Waals surface area contributed by atoms with Crippen LogP contribution in [0.5, 0.6) is 5.75 Å². The summed E-state index contributed by atoms with van der Waals surface area (Å²) in [6.07, 6.45) is 1.06. The van der Waals surface area contributed by atoms with Gasteiger partial charge in [-0.3, -0.25) is 4.99 Å². The molecule has 3 aromatic rings. The van der Waals surface area contributed by atoms with Crippen molar-refractivity contribution in [2.45, 2.75) is 19.0 Å². The van der Waals surface area contributed by atoms with Crippen LogP contribution < -0.4 is 20.3 Å². The van der Waals surface area contributed by atoms with Crippen molar-refractivity contribution in [2.24, 2.45) is 4.99 Å². The number of methoxy groups -OCH3 is 1. The quantitative estimate of drug-likeness (QED) is 0.472. The van der Waals surface area contributed by atoms with Gasteiger partial charge >= 0.3 is 0 Å². The van der Waals surface area contributed by atoms with E-state index in [0.717, 1.165) is 48.1 Å². The number of hydrogen-bond acceptors (Lipinski definition) is 3. The summed E-state index contributed by atoms with van der Waals surface area (Å²) in [4.78, 5) is 10.2. The van der Waals surface area contributed by atoms with Gasteiger partial charge in [0.2, 0.25) is 0 Å². The number of hydrogen-bond donors (Lipinski definition) is 3. The average molecular weight is 377 g/mol. The number of nitrogens with zero attached hydrogens (tertiary/aromatic N) is 2. The lowest BCUT2D eigenvalue weighted by Crippen LogP contribution is -2.44. The average Bonchev–Trinajstić information content (AvgIpc) is 3.37. The molecule has 3 N–H and O–H groups in total. The summed E-state index contributed by atoms with van der Waals surface area (Å²) >= 11 is 0. The molecule has 28 heavy (non-hydrogen) atoms. The van der Waals surface area contributed by atoms with Gasteiger partial charge in [0, 0.05) is 37.4 Å². The number of guanidine groups is 1. The summed E-state index contributed by atoms with van der Waals surface area (Å²) in [6, 6.07) is 19.0. The monoisotopic (exact) mass is 377 g/mol. The molecule has 0 aliphatic carbocycles. The molecule has 0 bridgehead atoms. The molecular formula is C22H27N5O. The predicted molar refractivity (Wildman–Crippen MR) is 115 cm³/mol. The first-order valence-electron chi connectivity index (χ1n) is 9.68. The van der Waals surface area contributed by atoms with Crippen LogP contribution in [0.3, 0.4) is 0 Å². The fourth-order valence-electron chi connectivity index (χ4n) is 3.78. The second-order valence-electron chi connectivity index (χ2n) is 7.06. The van der Waals surface area contributed by atoms with E-state index < -0.39 is 0 Å². The molecule has 4 rings (SSSR count). The Morgan fingerprint density at radius 2 is 2.04 bits per heavy atom. The van der Waals surface area contributed by atoms with Crippen molar-refractivity contribution in [3.8, 4) is 5.75 Å². The summed E-state index contributed by atoms with van der Waals surface area (Å²) < 4.78 is 5.51. The Labute approximate surface area is 165 Å². The Morgan fingerprint density at radius 3 is 2.86 bits per heavy atom. The van der Waals surface area contributed by atoms with E-state index in [1.54, 1.807) is 7.11 Å². The van der Waals surface area contributed by atoms with Gasteiger partial charge in [0.05, 0.1) is 19.3 Å². The fraction of sp³-hybridized carbons (Fsp3) is 0.318. The molecule has 1 atom stereocenters. The van der Waals surface area contributed by atoms with E-state index in [-0.39, 0.29) is 0 Å². The first-order valence-corrected chi connectivity index (χ1v) is 9.68. The molecule has 0 radical (unpaired) electrons. The minimum absolute atomic E-state index is 0.346. The van der Waals surface area contributed by atoms with Gasteiger partial charge in [-0.15, -0.1) is 0 Å². The number of nitrogens with one attached hydrogen (secondary N) is 3. The van der Waals surface area contributed by atoms with Crippen molar-refractivity contribution in [2.75, 3.05) is 32.1 Å². The summed E-state index contributed by atoms with van der Waals surface area (Å²) in [5, 5.41) is 8.19. The predicted octanol–water partition coefficient (Wildman–Crippen LogP) is 3.12. The largest absolute Gasteiger partial charge is 0.495 e. The van der Waals surface area contributed by atoms with Crippen molar-refractivity contribution < 1.29 is 4.74 Å². The Kier molecular flexibility index (Phi) is 5.37. The summed E-state index contributed by atoms with van der Waals surface area (Å²) in [5.41, 5.74) is 3.45. The number of benzene rings is 2. The third-order valence-corrected chi connectivity index (χ3v) is 5.21. The van der Waals surface area contributed by atoms with Crippen LogP contribution in [0.4, 0.5) is 5.69 Å². The number of aromatic amines is 1. The van der Waals surface area contributed by atoms with Crippen molar-refractivity contribution >= 4 is 22.5 Å². The molecule has 0 amide bonds. The number of aliphatic imine (C=N–C) groups is 1. The SMILES string of the molecule is CN=C(NCc1cc2ccccc2[nH]1)NC1CCN(c2ccccc2OC)C1. The first kappa shape index (κ1) is 18.2. The molecule has 6 nitrogen and oxygen atoms in total. The molecule has 2 heterocycles. The molecule has 0 saturated carbocycles. The van der Waals surface area contributed by atoms with Gasteiger partial charge in [-0.2, -0.15) is 0 Å². The minimum Gasteiger partial charge on any atom is -0.495 e. The van der Waals surface area contributed by atoms with Gasteiger partial charge in [-0.25, -0.2) is 0 Å². The molecule has 1 aliphatic rings. The van der Waals surface area contributed by atoms with Crippen LogP contribution in [0.25, 0.3) is 10.9 Å². The summed E-state index contributed by atoms with van der Waals surface area (Å²) in [5.74, 6) is 1.75. The zero-order chi connectivity index (χ0) is 19.3. The molecule has 1 unspecified atom stereocenters. The van der Waals surface area contributed by atoms with E-state index >= 15 is 0 Å². The molecule has 1 aromatic heterocycles.